The molecule has 114 valence electrons. The Morgan fingerprint density at radius 3 is 2.64 bits per heavy atom. The van der Waals surface area contributed by atoms with Crippen LogP contribution >= 0.6 is 11.6 Å². The number of alkyl halides is 3. The number of hydrogen-bond acceptors (Lipinski definition) is 3. The minimum absolute atomic E-state index is 0.0887. The molecule has 0 unspecified atom stereocenters. The van der Waals surface area contributed by atoms with Gasteiger partial charge in [0, 0.05) is 18.0 Å². The second kappa shape index (κ2) is 6.27. The summed E-state index contributed by atoms with van der Waals surface area (Å²) in [4.78, 5) is 11.9. The molecule has 0 radical (unpaired) electrons. The molecule has 0 aliphatic heterocycles. The number of aliphatic imine (C=N–C) groups is 1. The first-order valence-electron chi connectivity index (χ1n) is 6.19. The highest BCUT2D eigenvalue weighted by Crippen LogP contribution is 2.32. The second-order valence-electron chi connectivity index (χ2n) is 4.33. The fourth-order valence-corrected chi connectivity index (χ4v) is 2.07. The molecule has 2 aromatic rings. The van der Waals surface area contributed by atoms with E-state index in [0.29, 0.717) is 10.6 Å². The van der Waals surface area contributed by atoms with E-state index in [0.717, 1.165) is 6.07 Å². The van der Waals surface area contributed by atoms with Crippen molar-refractivity contribution in [1.82, 2.24) is 9.97 Å². The molecular weight excluding hydrogens is 315 g/mol. The van der Waals surface area contributed by atoms with E-state index in [4.69, 9.17) is 11.6 Å². The number of nitrogens with zero attached hydrogens (tertiary/aromatic N) is 3. The van der Waals surface area contributed by atoms with Crippen LogP contribution in [0.15, 0.2) is 42.2 Å². The number of hydrogen-bond donors (Lipinski definition) is 0. The van der Waals surface area contributed by atoms with Crippen molar-refractivity contribution in [2.45, 2.75) is 13.1 Å². The summed E-state index contributed by atoms with van der Waals surface area (Å²) < 4.78 is 39.0. The first kappa shape index (κ1) is 16.2. The number of pyridine rings is 2. The zero-order chi connectivity index (χ0) is 16.3. The molecule has 0 N–H and O–H groups in total. The third-order valence-electron chi connectivity index (χ3n) is 2.85. The predicted molar refractivity (Wildman–Crippen MR) is 80.4 cm³/mol. The summed E-state index contributed by atoms with van der Waals surface area (Å²) >= 11 is 5.99. The van der Waals surface area contributed by atoms with E-state index < -0.39 is 11.7 Å². The number of halogens is 4. The highest BCUT2D eigenvalue weighted by molar-refractivity contribution is 6.32. The molecule has 2 heterocycles. The van der Waals surface area contributed by atoms with Gasteiger partial charge in [-0.3, -0.25) is 4.98 Å². The summed E-state index contributed by atoms with van der Waals surface area (Å²) in [6.07, 6.45) is -0.359. The highest BCUT2D eigenvalue weighted by atomic mass is 35.5. The van der Waals surface area contributed by atoms with Crippen LogP contribution < -0.4 is 0 Å². The lowest BCUT2D eigenvalue weighted by molar-refractivity contribution is -0.137. The molecule has 0 aliphatic rings. The summed E-state index contributed by atoms with van der Waals surface area (Å²) in [6.45, 7) is 5.04. The molecule has 0 spiro atoms. The second-order valence-corrected chi connectivity index (χ2v) is 4.74. The Hall–Kier alpha value is -2.21. The first-order chi connectivity index (χ1) is 10.3. The Bertz CT molecular complexity index is 739. The fourth-order valence-electron chi connectivity index (χ4n) is 1.85. The number of aromatic nitrogens is 2. The van der Waals surface area contributed by atoms with Gasteiger partial charge in [-0.05, 0) is 25.1 Å². The quantitative estimate of drug-likeness (QED) is 0.750. The summed E-state index contributed by atoms with van der Waals surface area (Å²) in [7, 11) is 0. The third-order valence-corrected chi connectivity index (χ3v) is 3.18. The van der Waals surface area contributed by atoms with Gasteiger partial charge in [0.1, 0.15) is 0 Å². The van der Waals surface area contributed by atoms with Crippen molar-refractivity contribution in [2.75, 3.05) is 0 Å². The molecule has 2 rings (SSSR count). The SMILES string of the molecule is C=Cc1c(Cl)ccnc1N=C(C)c1ncccc1C(F)(F)F. The molecule has 22 heavy (non-hydrogen) atoms. The third kappa shape index (κ3) is 3.33. The molecular formula is C15H11ClF3N3. The average Bonchev–Trinajstić information content (AvgIpc) is 2.46. The van der Waals surface area contributed by atoms with Crippen molar-refractivity contribution in [3.8, 4) is 0 Å². The van der Waals surface area contributed by atoms with Gasteiger partial charge in [0.05, 0.1) is 22.0 Å². The van der Waals surface area contributed by atoms with Crippen molar-refractivity contribution in [3.05, 3.63) is 59.0 Å². The van der Waals surface area contributed by atoms with E-state index in [9.17, 15) is 13.2 Å². The monoisotopic (exact) mass is 325 g/mol. The minimum Gasteiger partial charge on any atom is -0.254 e. The Morgan fingerprint density at radius 2 is 2.00 bits per heavy atom. The Labute approximate surface area is 130 Å². The van der Waals surface area contributed by atoms with Crippen LogP contribution in [0.1, 0.15) is 23.7 Å². The lowest BCUT2D eigenvalue weighted by Crippen LogP contribution is -2.13. The fraction of sp³-hybridized carbons (Fsp3) is 0.133. The molecule has 0 aliphatic carbocycles. The summed E-state index contributed by atoms with van der Waals surface area (Å²) in [5, 5.41) is 0.369. The molecule has 0 amide bonds. The van der Waals surface area contributed by atoms with Crippen LogP contribution in [0.5, 0.6) is 0 Å². The number of rotatable bonds is 3. The molecule has 0 atom stereocenters. The highest BCUT2D eigenvalue weighted by Gasteiger charge is 2.34. The predicted octanol–water partition coefficient (Wildman–Crippen LogP) is 4.93. The Morgan fingerprint density at radius 1 is 1.27 bits per heavy atom. The van der Waals surface area contributed by atoms with E-state index in [1.54, 1.807) is 6.07 Å². The standard InChI is InChI=1S/C15H11ClF3N3/c1-3-10-12(16)6-8-21-14(10)22-9(2)13-11(15(17,18)19)5-4-7-20-13/h3-8H,1H2,2H3. The van der Waals surface area contributed by atoms with Crippen LogP contribution in [0.4, 0.5) is 19.0 Å². The summed E-state index contributed by atoms with van der Waals surface area (Å²) in [5.74, 6) is 0.193. The lowest BCUT2D eigenvalue weighted by Gasteiger charge is -2.11. The smallest absolute Gasteiger partial charge is 0.254 e. The van der Waals surface area contributed by atoms with Gasteiger partial charge in [0.2, 0.25) is 0 Å². The van der Waals surface area contributed by atoms with Gasteiger partial charge in [0.25, 0.3) is 0 Å². The van der Waals surface area contributed by atoms with Crippen molar-refractivity contribution >= 4 is 29.2 Å². The summed E-state index contributed by atoms with van der Waals surface area (Å²) in [6, 6.07) is 3.74. The van der Waals surface area contributed by atoms with Crippen LogP contribution in [0, 0.1) is 0 Å². The van der Waals surface area contributed by atoms with E-state index in [1.807, 2.05) is 0 Å². The summed E-state index contributed by atoms with van der Waals surface area (Å²) in [5.41, 5.74) is -0.552. The van der Waals surface area contributed by atoms with E-state index in [1.165, 1.54) is 31.5 Å². The molecule has 0 saturated carbocycles. The normalized spacial score (nSPS) is 12.3. The molecule has 3 nitrogen and oxygen atoms in total. The molecule has 0 bridgehead atoms. The Balaban J connectivity index is 2.56. The van der Waals surface area contributed by atoms with Crippen molar-refractivity contribution in [2.24, 2.45) is 4.99 Å². The first-order valence-corrected chi connectivity index (χ1v) is 6.57. The van der Waals surface area contributed by atoms with Gasteiger partial charge in [-0.25, -0.2) is 9.98 Å². The van der Waals surface area contributed by atoms with E-state index in [-0.39, 0.29) is 17.2 Å². The van der Waals surface area contributed by atoms with Crippen LogP contribution in [0.2, 0.25) is 5.02 Å². The largest absolute Gasteiger partial charge is 0.418 e. The van der Waals surface area contributed by atoms with Crippen LogP contribution in [0.3, 0.4) is 0 Å². The maximum Gasteiger partial charge on any atom is 0.418 e. The zero-order valence-electron chi connectivity index (χ0n) is 11.5. The van der Waals surface area contributed by atoms with Gasteiger partial charge in [-0.1, -0.05) is 24.3 Å². The van der Waals surface area contributed by atoms with Gasteiger partial charge in [-0.15, -0.1) is 0 Å². The van der Waals surface area contributed by atoms with Gasteiger partial charge < -0.3 is 0 Å². The van der Waals surface area contributed by atoms with E-state index >= 15 is 0 Å². The molecule has 0 fully saturated rings. The van der Waals surface area contributed by atoms with Crippen LogP contribution in [-0.2, 0) is 6.18 Å². The molecule has 2 aromatic heterocycles. The van der Waals surface area contributed by atoms with Crippen molar-refractivity contribution < 1.29 is 13.2 Å². The van der Waals surface area contributed by atoms with Crippen molar-refractivity contribution in [1.29, 1.82) is 0 Å². The van der Waals surface area contributed by atoms with Gasteiger partial charge in [-0.2, -0.15) is 13.2 Å². The zero-order valence-corrected chi connectivity index (χ0v) is 12.3. The maximum absolute atomic E-state index is 13.0. The topological polar surface area (TPSA) is 38.1 Å². The molecule has 0 saturated heterocycles. The maximum atomic E-state index is 13.0. The Kier molecular flexibility index (Phi) is 4.61. The molecule has 0 aromatic carbocycles. The minimum atomic E-state index is -4.51. The average molecular weight is 326 g/mol. The van der Waals surface area contributed by atoms with Gasteiger partial charge in [0.15, 0.2) is 5.82 Å². The van der Waals surface area contributed by atoms with E-state index in [2.05, 4.69) is 21.5 Å². The molecule has 7 heteroatoms. The lowest BCUT2D eigenvalue weighted by atomic mass is 10.1. The van der Waals surface area contributed by atoms with Crippen molar-refractivity contribution in [3.63, 3.8) is 0 Å². The van der Waals surface area contributed by atoms with Crippen LogP contribution in [-0.4, -0.2) is 15.7 Å². The van der Waals surface area contributed by atoms with Gasteiger partial charge >= 0.3 is 6.18 Å². The van der Waals surface area contributed by atoms with Crippen LogP contribution in [0.25, 0.3) is 6.08 Å².